The van der Waals surface area contributed by atoms with E-state index in [9.17, 15) is 4.79 Å². The van der Waals surface area contributed by atoms with Crippen molar-refractivity contribution < 1.29 is 4.79 Å². The SMILES string of the molecule is CCC1CCCCN1C(=O)c1ccc(NC)cc1C. The van der Waals surface area contributed by atoms with Gasteiger partial charge in [0.15, 0.2) is 0 Å². The van der Waals surface area contributed by atoms with E-state index in [1.165, 1.54) is 6.42 Å². The largest absolute Gasteiger partial charge is 0.388 e. The van der Waals surface area contributed by atoms with Gasteiger partial charge in [-0.05, 0) is 56.4 Å². The second-order valence-corrected chi connectivity index (χ2v) is 5.34. The molecular weight excluding hydrogens is 236 g/mol. The molecule has 1 aliphatic rings. The van der Waals surface area contributed by atoms with E-state index in [-0.39, 0.29) is 5.91 Å². The van der Waals surface area contributed by atoms with Crippen LogP contribution in [0.15, 0.2) is 18.2 Å². The number of nitrogens with one attached hydrogen (secondary N) is 1. The fourth-order valence-corrected chi connectivity index (χ4v) is 2.91. The molecule has 0 radical (unpaired) electrons. The molecule has 1 aliphatic heterocycles. The van der Waals surface area contributed by atoms with Crippen molar-refractivity contribution in [2.75, 3.05) is 18.9 Å². The lowest BCUT2D eigenvalue weighted by Crippen LogP contribution is -2.43. The predicted molar refractivity (Wildman–Crippen MR) is 79.7 cm³/mol. The first-order valence-electron chi connectivity index (χ1n) is 7.26. The number of aryl methyl sites for hydroxylation is 1. The van der Waals surface area contributed by atoms with E-state index in [0.29, 0.717) is 6.04 Å². The molecule has 1 aromatic carbocycles. The van der Waals surface area contributed by atoms with Crippen LogP contribution in [0.5, 0.6) is 0 Å². The van der Waals surface area contributed by atoms with Gasteiger partial charge in [-0.15, -0.1) is 0 Å². The van der Waals surface area contributed by atoms with E-state index in [0.717, 1.165) is 42.6 Å². The number of amides is 1. The standard InChI is InChI=1S/C16H24N2O/c1-4-14-7-5-6-10-18(14)16(19)15-9-8-13(17-3)11-12(15)2/h8-9,11,14,17H,4-7,10H2,1-3H3. The third-order valence-electron chi connectivity index (χ3n) is 4.10. The van der Waals surface area contributed by atoms with Crippen LogP contribution in [-0.2, 0) is 0 Å². The van der Waals surface area contributed by atoms with Crippen molar-refractivity contribution in [3.8, 4) is 0 Å². The molecule has 1 atom stereocenters. The number of likely N-dealkylation sites (tertiary alicyclic amines) is 1. The van der Waals surface area contributed by atoms with Gasteiger partial charge < -0.3 is 10.2 Å². The molecule has 3 nitrogen and oxygen atoms in total. The van der Waals surface area contributed by atoms with Crippen LogP contribution in [0.4, 0.5) is 5.69 Å². The minimum absolute atomic E-state index is 0.201. The lowest BCUT2D eigenvalue weighted by molar-refractivity contribution is 0.0607. The van der Waals surface area contributed by atoms with Crippen LogP contribution in [0.1, 0.15) is 48.5 Å². The second-order valence-electron chi connectivity index (χ2n) is 5.34. The summed E-state index contributed by atoms with van der Waals surface area (Å²) in [7, 11) is 1.90. The number of rotatable bonds is 3. The minimum atomic E-state index is 0.201. The molecule has 1 fully saturated rings. The summed E-state index contributed by atoms with van der Waals surface area (Å²) in [5.41, 5.74) is 2.95. The normalized spacial score (nSPS) is 19.3. The van der Waals surface area contributed by atoms with Gasteiger partial charge >= 0.3 is 0 Å². The lowest BCUT2D eigenvalue weighted by Gasteiger charge is -2.35. The Balaban J connectivity index is 2.23. The Hall–Kier alpha value is -1.51. The summed E-state index contributed by atoms with van der Waals surface area (Å²) in [6, 6.07) is 6.39. The van der Waals surface area contributed by atoms with Gasteiger partial charge in [-0.2, -0.15) is 0 Å². The van der Waals surface area contributed by atoms with Crippen molar-refractivity contribution in [3.05, 3.63) is 29.3 Å². The van der Waals surface area contributed by atoms with Crippen molar-refractivity contribution in [3.63, 3.8) is 0 Å². The first kappa shape index (κ1) is 13.9. The van der Waals surface area contributed by atoms with E-state index in [4.69, 9.17) is 0 Å². The van der Waals surface area contributed by atoms with Gasteiger partial charge in [0.1, 0.15) is 0 Å². The fraction of sp³-hybridized carbons (Fsp3) is 0.562. The van der Waals surface area contributed by atoms with Crippen LogP contribution in [-0.4, -0.2) is 30.4 Å². The predicted octanol–water partition coefficient (Wildman–Crippen LogP) is 3.44. The number of hydrogen-bond donors (Lipinski definition) is 1. The molecule has 2 rings (SSSR count). The van der Waals surface area contributed by atoms with Crippen molar-refractivity contribution in [2.24, 2.45) is 0 Å². The number of carbonyl (C=O) groups is 1. The van der Waals surface area contributed by atoms with Crippen LogP contribution in [0.25, 0.3) is 0 Å². The van der Waals surface area contributed by atoms with Gasteiger partial charge in [-0.1, -0.05) is 6.92 Å². The monoisotopic (exact) mass is 260 g/mol. The number of benzene rings is 1. The van der Waals surface area contributed by atoms with Crippen LogP contribution < -0.4 is 5.32 Å². The zero-order chi connectivity index (χ0) is 13.8. The number of piperidine rings is 1. The number of hydrogen-bond acceptors (Lipinski definition) is 2. The quantitative estimate of drug-likeness (QED) is 0.903. The molecule has 3 heteroatoms. The van der Waals surface area contributed by atoms with Crippen molar-refractivity contribution in [2.45, 2.75) is 45.6 Å². The van der Waals surface area contributed by atoms with Gasteiger partial charge in [-0.25, -0.2) is 0 Å². The zero-order valence-corrected chi connectivity index (χ0v) is 12.2. The highest BCUT2D eigenvalue weighted by molar-refractivity contribution is 5.96. The van der Waals surface area contributed by atoms with Crippen LogP contribution in [0, 0.1) is 6.92 Å². The molecule has 1 heterocycles. The molecule has 1 aromatic rings. The van der Waals surface area contributed by atoms with E-state index in [1.54, 1.807) is 0 Å². The van der Waals surface area contributed by atoms with Gasteiger partial charge in [0.2, 0.25) is 0 Å². The molecule has 0 saturated carbocycles. The Labute approximate surface area is 116 Å². The molecule has 1 saturated heterocycles. The highest BCUT2D eigenvalue weighted by atomic mass is 16.2. The maximum absolute atomic E-state index is 12.7. The Morgan fingerprint density at radius 1 is 1.42 bits per heavy atom. The first-order chi connectivity index (χ1) is 9.17. The van der Waals surface area contributed by atoms with Crippen LogP contribution >= 0.6 is 0 Å². The smallest absolute Gasteiger partial charge is 0.254 e. The summed E-state index contributed by atoms with van der Waals surface area (Å²) < 4.78 is 0. The van der Waals surface area contributed by atoms with Gasteiger partial charge in [0.05, 0.1) is 0 Å². The summed E-state index contributed by atoms with van der Waals surface area (Å²) >= 11 is 0. The molecule has 1 unspecified atom stereocenters. The molecule has 1 amide bonds. The van der Waals surface area contributed by atoms with E-state index >= 15 is 0 Å². The van der Waals surface area contributed by atoms with Crippen LogP contribution in [0.2, 0.25) is 0 Å². The maximum atomic E-state index is 12.7. The number of carbonyl (C=O) groups excluding carboxylic acids is 1. The summed E-state index contributed by atoms with van der Waals surface area (Å²) in [4.78, 5) is 14.8. The average Bonchev–Trinajstić information content (AvgIpc) is 2.46. The second kappa shape index (κ2) is 6.09. The number of nitrogens with zero attached hydrogens (tertiary/aromatic N) is 1. The highest BCUT2D eigenvalue weighted by Gasteiger charge is 2.26. The summed E-state index contributed by atoms with van der Waals surface area (Å²) in [6.45, 7) is 5.09. The summed E-state index contributed by atoms with van der Waals surface area (Å²) in [6.07, 6.45) is 4.59. The fourth-order valence-electron chi connectivity index (χ4n) is 2.91. The zero-order valence-electron chi connectivity index (χ0n) is 12.2. The molecule has 0 bridgehead atoms. The van der Waals surface area contributed by atoms with E-state index in [2.05, 4.69) is 17.1 Å². The van der Waals surface area contributed by atoms with Crippen LogP contribution in [0.3, 0.4) is 0 Å². The molecule has 0 aliphatic carbocycles. The Morgan fingerprint density at radius 3 is 2.84 bits per heavy atom. The third-order valence-corrected chi connectivity index (χ3v) is 4.10. The third kappa shape index (κ3) is 2.91. The minimum Gasteiger partial charge on any atom is -0.388 e. The van der Waals surface area contributed by atoms with Crippen molar-refractivity contribution >= 4 is 11.6 Å². The Bertz CT molecular complexity index is 456. The van der Waals surface area contributed by atoms with Gasteiger partial charge in [-0.3, -0.25) is 4.79 Å². The van der Waals surface area contributed by atoms with Gasteiger partial charge in [0.25, 0.3) is 5.91 Å². The number of anilines is 1. The van der Waals surface area contributed by atoms with Crippen molar-refractivity contribution in [1.82, 2.24) is 4.90 Å². The molecule has 1 N–H and O–H groups in total. The Morgan fingerprint density at radius 2 is 2.21 bits per heavy atom. The molecule has 104 valence electrons. The van der Waals surface area contributed by atoms with E-state index < -0.39 is 0 Å². The maximum Gasteiger partial charge on any atom is 0.254 e. The summed E-state index contributed by atoms with van der Waals surface area (Å²) in [5.74, 6) is 0.201. The average molecular weight is 260 g/mol. The molecular formula is C16H24N2O. The molecule has 0 spiro atoms. The van der Waals surface area contributed by atoms with E-state index in [1.807, 2.05) is 32.2 Å². The van der Waals surface area contributed by atoms with Crippen molar-refractivity contribution in [1.29, 1.82) is 0 Å². The first-order valence-corrected chi connectivity index (χ1v) is 7.26. The highest BCUT2D eigenvalue weighted by Crippen LogP contribution is 2.24. The summed E-state index contributed by atoms with van der Waals surface area (Å²) in [5, 5.41) is 3.11. The molecule has 0 aromatic heterocycles. The Kier molecular flexibility index (Phi) is 4.46. The lowest BCUT2D eigenvalue weighted by atomic mass is 9.97. The molecule has 19 heavy (non-hydrogen) atoms. The topological polar surface area (TPSA) is 32.3 Å². The van der Waals surface area contributed by atoms with Gasteiger partial charge in [0, 0.05) is 30.9 Å².